The standard InChI is InChI=1S/C13H17BrN2O2/c1-13(2)8-15-11(7-17)12(18)16(13)10-5-3-9(14)4-6-10/h3-6,11,15,17H,7-8H2,1-2H3. The smallest absolute Gasteiger partial charge is 0.247 e. The van der Waals surface area contributed by atoms with E-state index in [-0.39, 0.29) is 18.1 Å². The second-order valence-electron chi connectivity index (χ2n) is 5.08. The molecular formula is C13H17BrN2O2. The van der Waals surface area contributed by atoms with E-state index in [1.807, 2.05) is 38.1 Å². The molecule has 4 nitrogen and oxygen atoms in total. The zero-order valence-corrected chi connectivity index (χ0v) is 12.1. The Bertz CT molecular complexity index is 445. The molecule has 1 unspecified atom stereocenters. The molecule has 98 valence electrons. The van der Waals surface area contributed by atoms with Gasteiger partial charge in [-0.15, -0.1) is 0 Å². The van der Waals surface area contributed by atoms with Crippen LogP contribution < -0.4 is 10.2 Å². The Hall–Kier alpha value is -0.910. The van der Waals surface area contributed by atoms with E-state index in [9.17, 15) is 9.90 Å². The Morgan fingerprint density at radius 1 is 1.44 bits per heavy atom. The molecule has 0 radical (unpaired) electrons. The lowest BCUT2D eigenvalue weighted by Gasteiger charge is -2.45. The number of nitrogens with one attached hydrogen (secondary N) is 1. The van der Waals surface area contributed by atoms with Crippen LogP contribution in [0.15, 0.2) is 28.7 Å². The summed E-state index contributed by atoms with van der Waals surface area (Å²) in [6.07, 6.45) is 0. The van der Waals surface area contributed by atoms with Gasteiger partial charge in [0.2, 0.25) is 5.91 Å². The van der Waals surface area contributed by atoms with Crippen LogP contribution in [-0.4, -0.2) is 35.7 Å². The van der Waals surface area contributed by atoms with Crippen LogP contribution in [0, 0.1) is 0 Å². The molecule has 0 aliphatic carbocycles. The molecule has 1 aliphatic heterocycles. The molecule has 18 heavy (non-hydrogen) atoms. The number of aliphatic hydroxyl groups is 1. The van der Waals surface area contributed by atoms with Crippen molar-refractivity contribution in [2.75, 3.05) is 18.1 Å². The Morgan fingerprint density at radius 3 is 2.61 bits per heavy atom. The van der Waals surface area contributed by atoms with Gasteiger partial charge in [-0.25, -0.2) is 0 Å². The lowest BCUT2D eigenvalue weighted by molar-refractivity contribution is -0.124. The number of amides is 1. The maximum Gasteiger partial charge on any atom is 0.247 e. The van der Waals surface area contributed by atoms with E-state index in [2.05, 4.69) is 21.2 Å². The molecule has 1 heterocycles. The van der Waals surface area contributed by atoms with Gasteiger partial charge in [0.05, 0.1) is 12.1 Å². The SMILES string of the molecule is CC1(C)CNC(CO)C(=O)N1c1ccc(Br)cc1. The largest absolute Gasteiger partial charge is 0.394 e. The van der Waals surface area contributed by atoms with Crippen LogP contribution in [0.3, 0.4) is 0 Å². The Morgan fingerprint density at radius 2 is 2.06 bits per heavy atom. The van der Waals surface area contributed by atoms with Crippen molar-refractivity contribution in [3.05, 3.63) is 28.7 Å². The predicted molar refractivity (Wildman–Crippen MR) is 74.6 cm³/mol. The first-order valence-electron chi connectivity index (χ1n) is 5.89. The first kappa shape index (κ1) is 13.5. The van der Waals surface area contributed by atoms with Crippen molar-refractivity contribution < 1.29 is 9.90 Å². The summed E-state index contributed by atoms with van der Waals surface area (Å²) >= 11 is 3.38. The van der Waals surface area contributed by atoms with Crippen molar-refractivity contribution in [2.45, 2.75) is 25.4 Å². The van der Waals surface area contributed by atoms with Gasteiger partial charge in [-0.3, -0.25) is 4.79 Å². The molecule has 1 aliphatic rings. The summed E-state index contributed by atoms with van der Waals surface area (Å²) in [6, 6.07) is 7.12. The van der Waals surface area contributed by atoms with Gasteiger partial charge in [-0.1, -0.05) is 15.9 Å². The third-order valence-electron chi connectivity index (χ3n) is 3.17. The minimum atomic E-state index is -0.512. The maximum atomic E-state index is 12.3. The molecule has 2 rings (SSSR count). The van der Waals surface area contributed by atoms with Gasteiger partial charge < -0.3 is 15.3 Å². The number of nitrogens with zero attached hydrogens (tertiary/aromatic N) is 1. The van der Waals surface area contributed by atoms with Gasteiger partial charge in [0.1, 0.15) is 6.04 Å². The molecule has 2 N–H and O–H groups in total. The number of benzene rings is 1. The van der Waals surface area contributed by atoms with Gasteiger partial charge in [0, 0.05) is 16.7 Å². The average molecular weight is 313 g/mol. The average Bonchev–Trinajstić information content (AvgIpc) is 2.31. The van der Waals surface area contributed by atoms with Gasteiger partial charge in [0.15, 0.2) is 0 Å². The normalized spacial score (nSPS) is 23.2. The van der Waals surface area contributed by atoms with Crippen LogP contribution >= 0.6 is 15.9 Å². The summed E-state index contributed by atoms with van der Waals surface area (Å²) < 4.78 is 0.977. The molecule has 0 bridgehead atoms. The molecule has 0 aromatic heterocycles. The summed E-state index contributed by atoms with van der Waals surface area (Å²) in [4.78, 5) is 14.1. The number of piperazine rings is 1. The van der Waals surface area contributed by atoms with E-state index in [4.69, 9.17) is 0 Å². The fourth-order valence-electron chi connectivity index (χ4n) is 2.20. The number of rotatable bonds is 2. The first-order chi connectivity index (χ1) is 8.45. The van der Waals surface area contributed by atoms with Gasteiger partial charge >= 0.3 is 0 Å². The van der Waals surface area contributed by atoms with E-state index < -0.39 is 6.04 Å². The topological polar surface area (TPSA) is 52.6 Å². The van der Waals surface area contributed by atoms with E-state index in [0.29, 0.717) is 6.54 Å². The molecule has 0 spiro atoms. The van der Waals surface area contributed by atoms with Gasteiger partial charge in [0.25, 0.3) is 0 Å². The van der Waals surface area contributed by atoms with Crippen LogP contribution in [0.2, 0.25) is 0 Å². The Kier molecular flexibility index (Phi) is 3.75. The third-order valence-corrected chi connectivity index (χ3v) is 3.70. The Balaban J connectivity index is 2.37. The number of halogens is 1. The molecule has 1 amide bonds. The predicted octanol–water partition coefficient (Wildman–Crippen LogP) is 1.52. The first-order valence-corrected chi connectivity index (χ1v) is 6.69. The minimum Gasteiger partial charge on any atom is -0.394 e. The molecule has 1 atom stereocenters. The molecule has 5 heteroatoms. The Labute approximate surface area is 115 Å². The van der Waals surface area contributed by atoms with Crippen molar-refractivity contribution in [3.63, 3.8) is 0 Å². The quantitative estimate of drug-likeness (QED) is 0.870. The van der Waals surface area contributed by atoms with E-state index in [1.165, 1.54) is 0 Å². The highest BCUT2D eigenvalue weighted by atomic mass is 79.9. The highest BCUT2D eigenvalue weighted by Crippen LogP contribution is 2.28. The van der Waals surface area contributed by atoms with E-state index in [1.54, 1.807) is 4.90 Å². The minimum absolute atomic E-state index is 0.0870. The lowest BCUT2D eigenvalue weighted by Crippen LogP contribution is -2.66. The molecule has 1 aromatic rings. The second kappa shape index (κ2) is 4.99. The lowest BCUT2D eigenvalue weighted by atomic mass is 9.96. The zero-order chi connectivity index (χ0) is 13.3. The number of aliphatic hydroxyl groups excluding tert-OH is 1. The summed E-state index contributed by atoms with van der Waals surface area (Å²) in [5.74, 6) is -0.0870. The van der Waals surface area contributed by atoms with E-state index >= 15 is 0 Å². The number of anilines is 1. The maximum absolute atomic E-state index is 12.3. The van der Waals surface area contributed by atoms with Crippen molar-refractivity contribution in [2.24, 2.45) is 0 Å². The van der Waals surface area contributed by atoms with Crippen LogP contribution in [0.1, 0.15) is 13.8 Å². The fourth-order valence-corrected chi connectivity index (χ4v) is 2.47. The molecule has 1 aromatic carbocycles. The van der Waals surface area contributed by atoms with Gasteiger partial charge in [-0.05, 0) is 38.1 Å². The third kappa shape index (κ3) is 2.43. The summed E-state index contributed by atoms with van der Waals surface area (Å²) in [5, 5.41) is 12.3. The highest BCUT2D eigenvalue weighted by Gasteiger charge is 2.40. The van der Waals surface area contributed by atoms with Crippen LogP contribution in [0.4, 0.5) is 5.69 Å². The number of carbonyl (C=O) groups excluding carboxylic acids is 1. The van der Waals surface area contributed by atoms with E-state index in [0.717, 1.165) is 10.2 Å². The van der Waals surface area contributed by atoms with Crippen LogP contribution in [0.5, 0.6) is 0 Å². The van der Waals surface area contributed by atoms with Gasteiger partial charge in [-0.2, -0.15) is 0 Å². The number of hydrogen-bond donors (Lipinski definition) is 2. The van der Waals surface area contributed by atoms with Crippen molar-refractivity contribution in [1.82, 2.24) is 5.32 Å². The highest BCUT2D eigenvalue weighted by molar-refractivity contribution is 9.10. The monoisotopic (exact) mass is 312 g/mol. The number of hydrogen-bond acceptors (Lipinski definition) is 3. The molecule has 1 fully saturated rings. The van der Waals surface area contributed by atoms with Crippen molar-refractivity contribution in [3.8, 4) is 0 Å². The summed E-state index contributed by atoms with van der Waals surface area (Å²) in [5.41, 5.74) is 0.546. The van der Waals surface area contributed by atoms with Crippen molar-refractivity contribution in [1.29, 1.82) is 0 Å². The summed E-state index contributed by atoms with van der Waals surface area (Å²) in [7, 11) is 0. The van der Waals surface area contributed by atoms with Crippen LogP contribution in [0.25, 0.3) is 0 Å². The summed E-state index contributed by atoms with van der Waals surface area (Å²) in [6.45, 7) is 4.49. The zero-order valence-electron chi connectivity index (χ0n) is 10.5. The fraction of sp³-hybridized carbons (Fsp3) is 0.462. The van der Waals surface area contributed by atoms with Crippen LogP contribution in [-0.2, 0) is 4.79 Å². The number of carbonyl (C=O) groups is 1. The molecule has 0 saturated carbocycles. The molecular weight excluding hydrogens is 296 g/mol. The second-order valence-corrected chi connectivity index (χ2v) is 5.99. The van der Waals surface area contributed by atoms with Crippen molar-refractivity contribution >= 4 is 27.5 Å². The molecule has 1 saturated heterocycles.